The fraction of sp³-hybridized carbons (Fsp3) is 0.500. The van der Waals surface area contributed by atoms with Crippen LogP contribution in [0.5, 0.6) is 0 Å². The molecule has 1 atom stereocenters. The van der Waals surface area contributed by atoms with E-state index in [9.17, 15) is 23.1 Å². The first-order valence-corrected chi connectivity index (χ1v) is 11.8. The highest BCUT2D eigenvalue weighted by Gasteiger charge is 2.34. The molecule has 1 aromatic carbocycles. The van der Waals surface area contributed by atoms with E-state index in [1.54, 1.807) is 0 Å². The number of hydrogen-bond donors (Lipinski definition) is 2. The van der Waals surface area contributed by atoms with Crippen LogP contribution in [0.3, 0.4) is 0 Å². The first-order valence-electron chi connectivity index (χ1n) is 11.5. The third kappa shape index (κ3) is 9.28. The van der Waals surface area contributed by atoms with Crippen molar-refractivity contribution >= 4 is 17.6 Å². The first-order chi connectivity index (χ1) is 15.6. The summed E-state index contributed by atoms with van der Waals surface area (Å²) in [5.41, 5.74) is 3.07. The van der Waals surface area contributed by atoms with Crippen molar-refractivity contribution < 1.29 is 23.1 Å². The minimum absolute atomic E-state index is 0.204. The van der Waals surface area contributed by atoms with Crippen molar-refractivity contribution in [2.75, 3.05) is 6.54 Å². The maximum Gasteiger partial charge on any atom is 0.417 e. The molecule has 0 spiro atoms. The number of unbranched alkanes of at least 4 members (excludes halogenated alkanes) is 3. The Hall–Kier alpha value is -2.21. The maximum atomic E-state index is 13.2. The summed E-state index contributed by atoms with van der Waals surface area (Å²) in [7, 11) is 0. The zero-order valence-electron chi connectivity index (χ0n) is 19.1. The number of carboxylic acids is 1. The van der Waals surface area contributed by atoms with E-state index in [-0.39, 0.29) is 11.4 Å². The molecule has 0 saturated heterocycles. The number of hydrogen-bond acceptors (Lipinski definition) is 2. The van der Waals surface area contributed by atoms with Gasteiger partial charge in [-0.15, -0.1) is 0 Å². The average molecular weight is 484 g/mol. The van der Waals surface area contributed by atoms with Gasteiger partial charge in [-0.25, -0.2) is 0 Å². The molecule has 33 heavy (non-hydrogen) atoms. The van der Waals surface area contributed by atoms with E-state index < -0.39 is 23.6 Å². The lowest BCUT2D eigenvalue weighted by atomic mass is 9.89. The Morgan fingerprint density at radius 3 is 2.67 bits per heavy atom. The van der Waals surface area contributed by atoms with Crippen LogP contribution in [0, 0.1) is 0 Å². The molecule has 1 aliphatic rings. The van der Waals surface area contributed by atoms with Gasteiger partial charge < -0.3 is 10.4 Å². The van der Waals surface area contributed by atoms with Gasteiger partial charge in [-0.3, -0.25) is 4.79 Å². The fourth-order valence-electron chi connectivity index (χ4n) is 4.07. The molecular weight excluding hydrogens is 451 g/mol. The van der Waals surface area contributed by atoms with Gasteiger partial charge >= 0.3 is 12.1 Å². The number of carboxylic acid groups (broad SMARTS) is 1. The Labute approximate surface area is 199 Å². The molecule has 0 aromatic heterocycles. The molecule has 0 amide bonds. The normalized spacial score (nSPS) is 15.5. The summed E-state index contributed by atoms with van der Waals surface area (Å²) < 4.78 is 39.5. The van der Waals surface area contributed by atoms with Crippen molar-refractivity contribution in [2.45, 2.75) is 76.8 Å². The quantitative estimate of drug-likeness (QED) is 0.233. The molecule has 3 nitrogen and oxygen atoms in total. The number of carbonyl (C=O) groups is 1. The van der Waals surface area contributed by atoms with Crippen LogP contribution >= 0.6 is 11.6 Å². The van der Waals surface area contributed by atoms with Gasteiger partial charge in [-0.1, -0.05) is 61.2 Å². The molecule has 1 aliphatic heterocycles. The van der Waals surface area contributed by atoms with Crippen LogP contribution in [0.25, 0.3) is 0 Å². The third-order valence-electron chi connectivity index (χ3n) is 6.00. The second-order valence-electron chi connectivity index (χ2n) is 8.66. The number of nitrogens with one attached hydrogen (secondary N) is 1. The topological polar surface area (TPSA) is 49.3 Å². The lowest BCUT2D eigenvalue weighted by Crippen LogP contribution is -2.19. The van der Waals surface area contributed by atoms with Crippen molar-refractivity contribution in [1.82, 2.24) is 5.32 Å². The predicted octanol–water partition coefficient (Wildman–Crippen LogP) is 8.03. The maximum absolute atomic E-state index is 13.2. The molecular formula is C26H33ClF3NO2. The molecule has 1 aromatic rings. The molecule has 7 heteroatoms. The molecule has 1 heterocycles. The summed E-state index contributed by atoms with van der Waals surface area (Å²) in [5, 5.41) is 12.2. The van der Waals surface area contributed by atoms with Crippen LogP contribution in [0.2, 0.25) is 5.02 Å². The number of allylic oxidation sites excluding steroid dienone is 5. The van der Waals surface area contributed by atoms with Crippen molar-refractivity contribution in [3.05, 3.63) is 69.9 Å². The van der Waals surface area contributed by atoms with Crippen molar-refractivity contribution in [1.29, 1.82) is 0 Å². The van der Waals surface area contributed by atoms with Gasteiger partial charge in [0.05, 0.1) is 17.0 Å². The van der Waals surface area contributed by atoms with Gasteiger partial charge in [0.25, 0.3) is 0 Å². The van der Waals surface area contributed by atoms with Gasteiger partial charge in [0.2, 0.25) is 0 Å². The Morgan fingerprint density at radius 1 is 1.27 bits per heavy atom. The SMILES string of the molecule is C=C(/C=C\C1=C(C)NCCC1)CCCCCCC(CC(=O)O)c1ccc(Cl)c(C(F)(F)F)c1. The molecule has 0 radical (unpaired) electrons. The minimum atomic E-state index is -4.57. The van der Waals surface area contributed by atoms with Crippen LogP contribution in [0.15, 0.2) is 53.8 Å². The van der Waals surface area contributed by atoms with E-state index >= 15 is 0 Å². The monoisotopic (exact) mass is 483 g/mol. The van der Waals surface area contributed by atoms with E-state index in [2.05, 4.69) is 31.0 Å². The Bertz CT molecular complexity index is 890. The molecule has 1 unspecified atom stereocenters. The second-order valence-corrected chi connectivity index (χ2v) is 9.06. The third-order valence-corrected chi connectivity index (χ3v) is 6.33. The summed E-state index contributed by atoms with van der Waals surface area (Å²) in [6.45, 7) is 7.24. The Morgan fingerprint density at radius 2 is 2.00 bits per heavy atom. The van der Waals surface area contributed by atoms with E-state index in [0.717, 1.165) is 63.1 Å². The highest BCUT2D eigenvalue weighted by molar-refractivity contribution is 6.31. The van der Waals surface area contributed by atoms with Crippen LogP contribution in [0.1, 0.15) is 81.8 Å². The summed E-state index contributed by atoms with van der Waals surface area (Å²) in [4.78, 5) is 11.3. The van der Waals surface area contributed by atoms with Crippen LogP contribution in [-0.2, 0) is 11.0 Å². The minimum Gasteiger partial charge on any atom is -0.481 e. The molecule has 0 fully saturated rings. The highest BCUT2D eigenvalue weighted by Crippen LogP contribution is 2.38. The average Bonchev–Trinajstić information content (AvgIpc) is 2.74. The molecule has 0 aliphatic carbocycles. The van der Waals surface area contributed by atoms with E-state index in [1.165, 1.54) is 23.4 Å². The number of alkyl halides is 3. The molecule has 182 valence electrons. The lowest BCUT2D eigenvalue weighted by molar-refractivity contribution is -0.138. The largest absolute Gasteiger partial charge is 0.481 e. The summed E-state index contributed by atoms with van der Waals surface area (Å²) in [5.74, 6) is -1.50. The van der Waals surface area contributed by atoms with Crippen LogP contribution in [0.4, 0.5) is 13.2 Å². The van der Waals surface area contributed by atoms with Crippen molar-refractivity contribution in [3.63, 3.8) is 0 Å². The zero-order chi connectivity index (χ0) is 24.4. The highest BCUT2D eigenvalue weighted by atomic mass is 35.5. The first kappa shape index (κ1) is 27.0. The van der Waals surface area contributed by atoms with Gasteiger partial charge in [0.15, 0.2) is 0 Å². The Balaban J connectivity index is 1.81. The smallest absolute Gasteiger partial charge is 0.417 e. The summed E-state index contributed by atoms with van der Waals surface area (Å²) >= 11 is 5.70. The lowest BCUT2D eigenvalue weighted by Gasteiger charge is -2.18. The van der Waals surface area contributed by atoms with Gasteiger partial charge in [0.1, 0.15) is 0 Å². The number of benzene rings is 1. The van der Waals surface area contributed by atoms with Gasteiger partial charge in [-0.2, -0.15) is 13.2 Å². The zero-order valence-corrected chi connectivity index (χ0v) is 19.9. The number of aliphatic carboxylic acids is 1. The number of rotatable bonds is 12. The second kappa shape index (κ2) is 12.9. The van der Waals surface area contributed by atoms with Gasteiger partial charge in [-0.05, 0) is 68.2 Å². The van der Waals surface area contributed by atoms with E-state index in [1.807, 2.05) is 0 Å². The predicted molar refractivity (Wildman–Crippen MR) is 127 cm³/mol. The van der Waals surface area contributed by atoms with E-state index in [4.69, 9.17) is 11.6 Å². The van der Waals surface area contributed by atoms with Crippen LogP contribution in [-0.4, -0.2) is 17.6 Å². The Kier molecular flexibility index (Phi) is 10.6. The molecule has 0 saturated carbocycles. The molecule has 2 N–H and O–H groups in total. The molecule has 2 rings (SSSR count). The van der Waals surface area contributed by atoms with Crippen molar-refractivity contribution in [2.24, 2.45) is 0 Å². The summed E-state index contributed by atoms with van der Waals surface area (Å²) in [6.07, 6.45) is 6.65. The standard InChI is InChI=1S/C26H33ClF3NO2/c1-18(11-12-20-10-7-15-31-19(20)2)8-5-3-4-6-9-21(17-25(32)33)22-13-14-24(27)23(16-22)26(28,29)30/h11-14,16,21,31H,1,3-10,15,17H2,2H3,(H,32,33)/b12-11-. The number of halogens is 4. The fourth-order valence-corrected chi connectivity index (χ4v) is 4.30. The van der Waals surface area contributed by atoms with Crippen LogP contribution < -0.4 is 5.32 Å². The van der Waals surface area contributed by atoms with Gasteiger partial charge in [0, 0.05) is 12.2 Å². The van der Waals surface area contributed by atoms with E-state index in [0.29, 0.717) is 12.0 Å². The summed E-state index contributed by atoms with van der Waals surface area (Å²) in [6, 6.07) is 3.69. The molecule has 0 bridgehead atoms. The van der Waals surface area contributed by atoms with Crippen molar-refractivity contribution in [3.8, 4) is 0 Å².